The van der Waals surface area contributed by atoms with Gasteiger partial charge in [0.1, 0.15) is 23.0 Å². The number of hydrogen-bond acceptors (Lipinski definition) is 4. The van der Waals surface area contributed by atoms with Gasteiger partial charge in [0, 0.05) is 0 Å². The molecule has 0 saturated heterocycles. The number of hydrogen-bond donors (Lipinski definition) is 4. The molecule has 0 radical (unpaired) electrons. The van der Waals surface area contributed by atoms with Crippen LogP contribution in [0.25, 0.3) is 0 Å². The third-order valence-corrected chi connectivity index (χ3v) is 4.81. The lowest BCUT2D eigenvalue weighted by Crippen LogP contribution is -1.99. The zero-order chi connectivity index (χ0) is 17.1. The molecule has 0 spiro atoms. The second kappa shape index (κ2) is 7.04. The van der Waals surface area contributed by atoms with Crippen LogP contribution in [0.3, 0.4) is 0 Å². The summed E-state index contributed by atoms with van der Waals surface area (Å²) in [7, 11) is 0. The van der Waals surface area contributed by atoms with Crippen molar-refractivity contribution in [2.45, 2.75) is 51.4 Å². The topological polar surface area (TPSA) is 80.9 Å². The molecule has 3 rings (SSSR count). The van der Waals surface area contributed by atoms with Gasteiger partial charge in [0.15, 0.2) is 0 Å². The number of phenols is 4. The third kappa shape index (κ3) is 3.58. The zero-order valence-corrected chi connectivity index (χ0v) is 13.8. The molecule has 128 valence electrons. The molecule has 4 N–H and O–H groups in total. The molecule has 2 aromatic carbocycles. The largest absolute Gasteiger partial charge is 0.508 e. The highest BCUT2D eigenvalue weighted by atomic mass is 16.3. The predicted molar refractivity (Wildman–Crippen MR) is 92.8 cm³/mol. The Kier molecular flexibility index (Phi) is 4.84. The van der Waals surface area contributed by atoms with Crippen LogP contribution in [0.15, 0.2) is 24.3 Å². The molecule has 0 saturated carbocycles. The van der Waals surface area contributed by atoms with Gasteiger partial charge in [-0.2, -0.15) is 0 Å². The fourth-order valence-electron chi connectivity index (χ4n) is 3.50. The van der Waals surface area contributed by atoms with Crippen LogP contribution in [0.1, 0.15) is 47.9 Å². The standard InChI is InChI=1S/C20H24O4/c21-17-9-13-5-3-1-2-4-6-14-10-18(22)12-16(20(14)24)8-7-15(11-17)19(13)23/h9-12,21-24H,1-8H2. The molecule has 0 atom stereocenters. The Labute approximate surface area is 142 Å². The highest BCUT2D eigenvalue weighted by Crippen LogP contribution is 2.34. The smallest absolute Gasteiger partial charge is 0.122 e. The van der Waals surface area contributed by atoms with Gasteiger partial charge >= 0.3 is 0 Å². The first-order valence-electron chi connectivity index (χ1n) is 8.62. The van der Waals surface area contributed by atoms with Crippen LogP contribution in [0.4, 0.5) is 0 Å². The normalized spacial score (nSPS) is 15.7. The monoisotopic (exact) mass is 328 g/mol. The molecule has 0 heterocycles. The van der Waals surface area contributed by atoms with Gasteiger partial charge in [-0.05, 0) is 85.0 Å². The Balaban J connectivity index is 1.97. The van der Waals surface area contributed by atoms with Crippen LogP contribution < -0.4 is 0 Å². The minimum absolute atomic E-state index is 0.158. The highest BCUT2D eigenvalue weighted by Gasteiger charge is 2.14. The maximum Gasteiger partial charge on any atom is 0.122 e. The predicted octanol–water partition coefficient (Wildman–Crippen LogP) is 3.95. The quantitative estimate of drug-likeness (QED) is 0.552. The Morgan fingerprint density at radius 3 is 1.17 bits per heavy atom. The van der Waals surface area contributed by atoms with Crippen LogP contribution >= 0.6 is 0 Å². The molecule has 4 heteroatoms. The van der Waals surface area contributed by atoms with Crippen molar-refractivity contribution >= 4 is 0 Å². The van der Waals surface area contributed by atoms with E-state index in [1.54, 1.807) is 24.3 Å². The summed E-state index contributed by atoms with van der Waals surface area (Å²) in [5.41, 5.74) is 2.91. The maximum atomic E-state index is 10.5. The number of aryl methyl sites for hydroxylation is 4. The number of phenolic OH excluding ortho intramolecular Hbond substituents is 4. The summed E-state index contributed by atoms with van der Waals surface area (Å²) in [6, 6.07) is 6.42. The number of benzene rings is 2. The van der Waals surface area contributed by atoms with E-state index in [1.807, 2.05) is 0 Å². The maximum absolute atomic E-state index is 10.5. The van der Waals surface area contributed by atoms with E-state index in [4.69, 9.17) is 0 Å². The SMILES string of the molecule is Oc1cc2c(O)c(c1)CCc1cc(O)cc(c1O)CCCCCC2. The van der Waals surface area contributed by atoms with Crippen LogP contribution in [0.2, 0.25) is 0 Å². The summed E-state index contributed by atoms with van der Waals surface area (Å²) in [6.07, 6.45) is 6.44. The van der Waals surface area contributed by atoms with Crippen LogP contribution in [0, 0.1) is 0 Å². The zero-order valence-electron chi connectivity index (χ0n) is 13.8. The first kappa shape index (κ1) is 16.5. The molecule has 4 bridgehead atoms. The summed E-state index contributed by atoms with van der Waals surface area (Å²) in [6.45, 7) is 0. The molecule has 1 aliphatic rings. The van der Waals surface area contributed by atoms with Crippen molar-refractivity contribution < 1.29 is 20.4 Å². The summed E-state index contributed by atoms with van der Waals surface area (Å²) in [5, 5.41) is 40.8. The second-order valence-electron chi connectivity index (χ2n) is 6.64. The van der Waals surface area contributed by atoms with E-state index in [0.717, 1.165) is 49.7 Å². The van der Waals surface area contributed by atoms with Gasteiger partial charge in [-0.3, -0.25) is 0 Å². The molecule has 0 unspecified atom stereocenters. The van der Waals surface area contributed by atoms with Crippen molar-refractivity contribution in [3.63, 3.8) is 0 Å². The number of aromatic hydroxyl groups is 4. The van der Waals surface area contributed by atoms with Gasteiger partial charge in [-0.25, -0.2) is 0 Å². The fourth-order valence-corrected chi connectivity index (χ4v) is 3.50. The Morgan fingerprint density at radius 1 is 0.458 bits per heavy atom. The lowest BCUT2D eigenvalue weighted by Gasteiger charge is -2.15. The highest BCUT2D eigenvalue weighted by molar-refractivity contribution is 5.49. The lowest BCUT2D eigenvalue weighted by molar-refractivity contribution is 0.439. The summed E-state index contributed by atoms with van der Waals surface area (Å²) < 4.78 is 0. The van der Waals surface area contributed by atoms with Gasteiger partial charge in [0.2, 0.25) is 0 Å². The van der Waals surface area contributed by atoms with E-state index in [2.05, 4.69) is 0 Å². The van der Waals surface area contributed by atoms with Gasteiger partial charge in [-0.15, -0.1) is 0 Å². The van der Waals surface area contributed by atoms with Gasteiger partial charge in [0.05, 0.1) is 0 Å². The Hall–Kier alpha value is -2.36. The van der Waals surface area contributed by atoms with E-state index < -0.39 is 0 Å². The van der Waals surface area contributed by atoms with Crippen LogP contribution in [-0.2, 0) is 25.7 Å². The van der Waals surface area contributed by atoms with Crippen molar-refractivity contribution in [3.05, 3.63) is 46.5 Å². The van der Waals surface area contributed by atoms with E-state index in [0.29, 0.717) is 24.0 Å². The Bertz CT molecular complexity index is 673. The van der Waals surface area contributed by atoms with Crippen molar-refractivity contribution in [1.82, 2.24) is 0 Å². The lowest BCUT2D eigenvalue weighted by atomic mass is 9.94. The average Bonchev–Trinajstić information content (AvgIpc) is 2.54. The third-order valence-electron chi connectivity index (χ3n) is 4.81. The number of rotatable bonds is 0. The van der Waals surface area contributed by atoms with E-state index in [-0.39, 0.29) is 23.0 Å². The molecule has 0 fully saturated rings. The van der Waals surface area contributed by atoms with E-state index >= 15 is 0 Å². The fraction of sp³-hybridized carbons (Fsp3) is 0.400. The summed E-state index contributed by atoms with van der Waals surface area (Å²) >= 11 is 0. The molecule has 2 aromatic rings. The minimum atomic E-state index is 0.158. The van der Waals surface area contributed by atoms with E-state index in [9.17, 15) is 20.4 Å². The van der Waals surface area contributed by atoms with Crippen molar-refractivity contribution in [2.24, 2.45) is 0 Å². The molecular formula is C20H24O4. The Morgan fingerprint density at radius 2 is 0.792 bits per heavy atom. The average molecular weight is 328 g/mol. The van der Waals surface area contributed by atoms with Crippen LogP contribution in [0.5, 0.6) is 23.0 Å². The summed E-state index contributed by atoms with van der Waals surface area (Å²) in [4.78, 5) is 0. The molecule has 0 amide bonds. The molecule has 4 nitrogen and oxygen atoms in total. The molecular weight excluding hydrogens is 304 g/mol. The van der Waals surface area contributed by atoms with Gasteiger partial charge < -0.3 is 20.4 Å². The summed E-state index contributed by atoms with van der Waals surface area (Å²) in [5.74, 6) is 0.797. The second-order valence-corrected chi connectivity index (χ2v) is 6.64. The van der Waals surface area contributed by atoms with Gasteiger partial charge in [-0.1, -0.05) is 12.8 Å². The minimum Gasteiger partial charge on any atom is -0.508 e. The van der Waals surface area contributed by atoms with Crippen molar-refractivity contribution in [3.8, 4) is 23.0 Å². The molecule has 0 aliphatic heterocycles. The van der Waals surface area contributed by atoms with Crippen molar-refractivity contribution in [1.29, 1.82) is 0 Å². The number of fused-ring (bicyclic) bond motifs is 4. The van der Waals surface area contributed by atoms with Crippen molar-refractivity contribution in [2.75, 3.05) is 0 Å². The van der Waals surface area contributed by atoms with Crippen LogP contribution in [-0.4, -0.2) is 20.4 Å². The first-order valence-corrected chi connectivity index (χ1v) is 8.62. The molecule has 1 aliphatic carbocycles. The molecule has 24 heavy (non-hydrogen) atoms. The van der Waals surface area contributed by atoms with E-state index in [1.165, 1.54) is 0 Å². The first-order chi connectivity index (χ1) is 11.5. The molecule has 0 aromatic heterocycles. The van der Waals surface area contributed by atoms with Gasteiger partial charge in [0.25, 0.3) is 0 Å².